The van der Waals surface area contributed by atoms with E-state index in [-0.39, 0.29) is 6.10 Å². The normalized spacial score (nSPS) is 12.4. The van der Waals surface area contributed by atoms with Crippen LogP contribution in [0.4, 0.5) is 0 Å². The molecule has 0 amide bonds. The zero-order chi connectivity index (χ0) is 10.4. The van der Waals surface area contributed by atoms with E-state index < -0.39 is 0 Å². The van der Waals surface area contributed by atoms with Crippen LogP contribution in [0.15, 0.2) is 41.8 Å². The lowest BCUT2D eigenvalue weighted by Gasteiger charge is -2.08. The van der Waals surface area contributed by atoms with Gasteiger partial charge in [-0.25, -0.2) is 0 Å². The van der Waals surface area contributed by atoms with Crippen LogP contribution in [0, 0.1) is 6.92 Å². The number of aryl methyl sites for hydroxylation is 1. The van der Waals surface area contributed by atoms with E-state index in [1.165, 1.54) is 17.6 Å². The van der Waals surface area contributed by atoms with Crippen molar-refractivity contribution in [3.8, 4) is 0 Å². The summed E-state index contributed by atoms with van der Waals surface area (Å²) in [5.41, 5.74) is 1.27. The van der Waals surface area contributed by atoms with Crippen LogP contribution in [0.25, 0.3) is 0 Å². The minimum absolute atomic E-state index is 0.221. The van der Waals surface area contributed by atoms with Gasteiger partial charge in [0.1, 0.15) is 0 Å². The molecule has 0 radical (unpaired) electrons. The molecule has 0 spiro atoms. The Labute approximate surface area is 90.4 Å². The van der Waals surface area contributed by atoms with Crippen molar-refractivity contribution in [3.63, 3.8) is 0 Å². The Morgan fingerprint density at radius 3 is 2.64 bits per heavy atom. The maximum Gasteiger partial charge on any atom is 0.0733 e. The third-order valence-corrected chi connectivity index (χ3v) is 2.72. The van der Waals surface area contributed by atoms with Gasteiger partial charge in [-0.05, 0) is 32.4 Å². The van der Waals surface area contributed by atoms with Crippen molar-refractivity contribution in [2.24, 2.45) is 0 Å². The molecular formula is C12H16OS. The fourth-order valence-corrected chi connectivity index (χ4v) is 1.61. The highest BCUT2D eigenvalue weighted by atomic mass is 32.2. The van der Waals surface area contributed by atoms with E-state index in [0.717, 1.165) is 11.3 Å². The quantitative estimate of drug-likeness (QED) is 0.534. The summed E-state index contributed by atoms with van der Waals surface area (Å²) in [6.07, 6.45) is 2.98. The summed E-state index contributed by atoms with van der Waals surface area (Å²) in [6, 6.07) is 8.31. The van der Waals surface area contributed by atoms with Crippen LogP contribution in [-0.4, -0.2) is 6.10 Å². The predicted molar refractivity (Wildman–Crippen MR) is 62.4 cm³/mol. The molecule has 0 heterocycles. The second-order valence-corrected chi connectivity index (χ2v) is 4.16. The Morgan fingerprint density at radius 2 is 2.07 bits per heavy atom. The first kappa shape index (κ1) is 11.3. The second-order valence-electron chi connectivity index (χ2n) is 3.33. The summed E-state index contributed by atoms with van der Waals surface area (Å²) in [5.74, 6) is 0. The summed E-state index contributed by atoms with van der Waals surface area (Å²) in [6.45, 7) is 7.80. The van der Waals surface area contributed by atoms with Crippen LogP contribution in [0.1, 0.15) is 18.9 Å². The molecule has 0 saturated carbocycles. The van der Waals surface area contributed by atoms with Gasteiger partial charge in [0.2, 0.25) is 0 Å². The van der Waals surface area contributed by atoms with Crippen LogP contribution in [0.3, 0.4) is 0 Å². The molecule has 0 aromatic heterocycles. The molecule has 76 valence electrons. The zero-order valence-corrected chi connectivity index (χ0v) is 9.51. The second kappa shape index (κ2) is 5.89. The lowest BCUT2D eigenvalue weighted by Crippen LogP contribution is -2.00. The third kappa shape index (κ3) is 3.99. The van der Waals surface area contributed by atoms with Gasteiger partial charge in [-0.2, -0.15) is 0 Å². The van der Waals surface area contributed by atoms with Crippen molar-refractivity contribution in [3.05, 3.63) is 42.5 Å². The average molecular weight is 208 g/mol. The molecule has 0 aliphatic rings. The average Bonchev–Trinajstić information content (AvgIpc) is 2.17. The van der Waals surface area contributed by atoms with Crippen LogP contribution in [0.5, 0.6) is 0 Å². The molecule has 0 saturated heterocycles. The van der Waals surface area contributed by atoms with Gasteiger partial charge in [0.05, 0.1) is 6.10 Å². The highest BCUT2D eigenvalue weighted by molar-refractivity contribution is 7.94. The molecule has 1 rings (SSSR count). The molecule has 0 unspecified atom stereocenters. The lowest BCUT2D eigenvalue weighted by molar-refractivity contribution is 0.269. The molecule has 1 atom stereocenters. The molecule has 2 heteroatoms. The van der Waals surface area contributed by atoms with Crippen molar-refractivity contribution >= 4 is 12.0 Å². The van der Waals surface area contributed by atoms with Crippen LogP contribution >= 0.6 is 12.0 Å². The third-order valence-electron chi connectivity index (χ3n) is 1.83. The summed E-state index contributed by atoms with van der Waals surface area (Å²) in [7, 11) is 0. The van der Waals surface area contributed by atoms with E-state index in [1.807, 2.05) is 13.0 Å². The molecular weight excluding hydrogens is 192 g/mol. The molecule has 1 nitrogen and oxygen atoms in total. The van der Waals surface area contributed by atoms with Gasteiger partial charge >= 0.3 is 0 Å². The van der Waals surface area contributed by atoms with E-state index in [2.05, 4.69) is 37.8 Å². The van der Waals surface area contributed by atoms with Gasteiger partial charge in [-0.15, -0.1) is 6.58 Å². The highest BCUT2D eigenvalue weighted by Crippen LogP contribution is 2.21. The minimum atomic E-state index is 0.221. The monoisotopic (exact) mass is 208 g/mol. The Kier molecular flexibility index (Phi) is 4.77. The molecule has 1 aromatic rings. The topological polar surface area (TPSA) is 9.23 Å². The van der Waals surface area contributed by atoms with Gasteiger partial charge < -0.3 is 4.18 Å². The summed E-state index contributed by atoms with van der Waals surface area (Å²) < 4.78 is 5.55. The molecule has 0 aliphatic carbocycles. The van der Waals surface area contributed by atoms with Crippen molar-refractivity contribution in [1.82, 2.24) is 0 Å². The summed E-state index contributed by atoms with van der Waals surface area (Å²) >= 11 is 1.43. The van der Waals surface area contributed by atoms with Gasteiger partial charge in [0, 0.05) is 16.9 Å². The van der Waals surface area contributed by atoms with Gasteiger partial charge in [-0.3, -0.25) is 0 Å². The maximum absolute atomic E-state index is 5.55. The predicted octanol–water partition coefficient (Wildman–Crippen LogP) is 3.98. The highest BCUT2D eigenvalue weighted by Gasteiger charge is 2.01. The number of hydrogen-bond donors (Lipinski definition) is 0. The molecule has 14 heavy (non-hydrogen) atoms. The fourth-order valence-electron chi connectivity index (χ4n) is 1.01. The van der Waals surface area contributed by atoms with E-state index in [1.54, 1.807) is 0 Å². The van der Waals surface area contributed by atoms with Crippen LogP contribution in [-0.2, 0) is 4.18 Å². The largest absolute Gasteiger partial charge is 0.307 e. The SMILES string of the molecule is C=CC[C@@H](C)OSc1ccc(C)cc1. The first-order valence-corrected chi connectivity index (χ1v) is 5.47. The smallest absolute Gasteiger partial charge is 0.0733 e. The van der Waals surface area contributed by atoms with E-state index in [4.69, 9.17) is 4.18 Å². The van der Waals surface area contributed by atoms with E-state index in [9.17, 15) is 0 Å². The van der Waals surface area contributed by atoms with Crippen molar-refractivity contribution < 1.29 is 4.18 Å². The molecule has 1 aromatic carbocycles. The van der Waals surface area contributed by atoms with Crippen LogP contribution in [0.2, 0.25) is 0 Å². The first-order chi connectivity index (χ1) is 6.72. The zero-order valence-electron chi connectivity index (χ0n) is 8.69. The van der Waals surface area contributed by atoms with Crippen molar-refractivity contribution in [2.45, 2.75) is 31.3 Å². The Balaban J connectivity index is 2.37. The Morgan fingerprint density at radius 1 is 1.43 bits per heavy atom. The molecule has 0 N–H and O–H groups in total. The maximum atomic E-state index is 5.55. The Bertz CT molecular complexity index is 279. The summed E-state index contributed by atoms with van der Waals surface area (Å²) in [5, 5.41) is 0. The number of benzene rings is 1. The van der Waals surface area contributed by atoms with Crippen molar-refractivity contribution in [2.75, 3.05) is 0 Å². The first-order valence-electron chi connectivity index (χ1n) is 4.73. The van der Waals surface area contributed by atoms with Gasteiger partial charge in [0.25, 0.3) is 0 Å². The van der Waals surface area contributed by atoms with E-state index in [0.29, 0.717) is 0 Å². The molecule has 0 bridgehead atoms. The van der Waals surface area contributed by atoms with E-state index >= 15 is 0 Å². The van der Waals surface area contributed by atoms with Gasteiger partial charge in [-0.1, -0.05) is 23.8 Å². The summed E-state index contributed by atoms with van der Waals surface area (Å²) in [4.78, 5) is 1.14. The van der Waals surface area contributed by atoms with Gasteiger partial charge in [0.15, 0.2) is 0 Å². The number of hydrogen-bond acceptors (Lipinski definition) is 2. The number of rotatable bonds is 5. The fraction of sp³-hybridized carbons (Fsp3) is 0.333. The Hall–Kier alpha value is -0.730. The van der Waals surface area contributed by atoms with Crippen molar-refractivity contribution in [1.29, 1.82) is 0 Å². The van der Waals surface area contributed by atoms with Crippen LogP contribution < -0.4 is 0 Å². The minimum Gasteiger partial charge on any atom is -0.307 e. The molecule has 0 fully saturated rings. The molecule has 0 aliphatic heterocycles. The lowest BCUT2D eigenvalue weighted by atomic mass is 10.2. The standard InChI is InChI=1S/C12H16OS/c1-4-5-11(3)13-14-12-8-6-10(2)7-9-12/h4,6-9,11H,1,5H2,2-3H3/t11-/m1/s1.